The van der Waals surface area contributed by atoms with E-state index in [2.05, 4.69) is 5.32 Å². The van der Waals surface area contributed by atoms with Gasteiger partial charge in [0.25, 0.3) is 0 Å². The Hall–Kier alpha value is -3.19. The van der Waals surface area contributed by atoms with Gasteiger partial charge in [-0.05, 0) is 68.4 Å². The molecule has 0 spiro atoms. The third-order valence-electron chi connectivity index (χ3n) is 4.73. The second kappa shape index (κ2) is 8.45. The fraction of sp³-hybridized carbons (Fsp3) is 0.227. The molecule has 0 radical (unpaired) electrons. The number of carbonyl (C=O) groups is 2. The Morgan fingerprint density at radius 2 is 1.86 bits per heavy atom. The Bertz CT molecular complexity index is 998. The maximum absolute atomic E-state index is 12.8. The molecule has 1 unspecified atom stereocenters. The predicted octanol–water partition coefficient (Wildman–Crippen LogP) is 3.97. The minimum Gasteiger partial charge on any atom is -0.478 e. The molecule has 0 saturated carbocycles. The summed E-state index contributed by atoms with van der Waals surface area (Å²) in [6.07, 6.45) is 0. The van der Waals surface area contributed by atoms with Crippen LogP contribution in [0.25, 0.3) is 0 Å². The summed E-state index contributed by atoms with van der Waals surface area (Å²) in [6, 6.07) is 13.7. The molecule has 1 aliphatic heterocycles. The average molecular weight is 410 g/mol. The van der Waals surface area contributed by atoms with E-state index in [0.717, 1.165) is 16.8 Å². The number of anilines is 1. The van der Waals surface area contributed by atoms with Crippen LogP contribution in [-0.2, 0) is 9.53 Å². The number of carboxylic acid groups (broad SMARTS) is 1. The number of esters is 1. The van der Waals surface area contributed by atoms with Gasteiger partial charge in [-0.3, -0.25) is 4.90 Å². The molecular formula is C22H22N2O4S. The maximum Gasteiger partial charge on any atom is 0.338 e. The van der Waals surface area contributed by atoms with Gasteiger partial charge in [-0.15, -0.1) is 0 Å². The van der Waals surface area contributed by atoms with E-state index < -0.39 is 18.0 Å². The highest BCUT2D eigenvalue weighted by Gasteiger charge is 2.35. The summed E-state index contributed by atoms with van der Waals surface area (Å²) >= 11 is 5.61. The third kappa shape index (κ3) is 4.14. The van der Waals surface area contributed by atoms with E-state index in [1.807, 2.05) is 43.0 Å². The zero-order valence-electron chi connectivity index (χ0n) is 16.4. The van der Waals surface area contributed by atoms with Crippen molar-refractivity contribution in [2.24, 2.45) is 0 Å². The van der Waals surface area contributed by atoms with Crippen LogP contribution in [-0.4, -0.2) is 28.8 Å². The molecule has 2 N–H and O–H groups in total. The number of aromatic carboxylic acids is 1. The molecule has 150 valence electrons. The van der Waals surface area contributed by atoms with Crippen LogP contribution in [0.2, 0.25) is 0 Å². The zero-order valence-corrected chi connectivity index (χ0v) is 17.2. The summed E-state index contributed by atoms with van der Waals surface area (Å²) in [5.74, 6) is -1.45. The SMILES string of the molecule is CCOC(=O)C1=C(C)N(c2cccc(C)c2)C(=S)NC1c1ccc(C(=O)O)cc1. The first kappa shape index (κ1) is 20.5. The van der Waals surface area contributed by atoms with E-state index in [9.17, 15) is 9.59 Å². The van der Waals surface area contributed by atoms with Crippen molar-refractivity contribution in [3.63, 3.8) is 0 Å². The smallest absolute Gasteiger partial charge is 0.338 e. The van der Waals surface area contributed by atoms with Crippen molar-refractivity contribution in [3.05, 3.63) is 76.5 Å². The second-order valence-electron chi connectivity index (χ2n) is 6.70. The van der Waals surface area contributed by atoms with Crippen LogP contribution in [0.15, 0.2) is 59.8 Å². The van der Waals surface area contributed by atoms with Crippen molar-refractivity contribution in [3.8, 4) is 0 Å². The van der Waals surface area contributed by atoms with E-state index in [4.69, 9.17) is 22.1 Å². The van der Waals surface area contributed by atoms with Gasteiger partial charge >= 0.3 is 11.9 Å². The van der Waals surface area contributed by atoms with Gasteiger partial charge in [0.2, 0.25) is 0 Å². The number of hydrogen-bond donors (Lipinski definition) is 2. The van der Waals surface area contributed by atoms with Crippen molar-refractivity contribution in [2.45, 2.75) is 26.8 Å². The minimum atomic E-state index is -1.01. The van der Waals surface area contributed by atoms with Gasteiger partial charge in [0.1, 0.15) is 0 Å². The number of carbonyl (C=O) groups excluding carboxylic acids is 1. The minimum absolute atomic E-state index is 0.173. The standard InChI is InChI=1S/C22H22N2O4S/c1-4-28-21(27)18-14(3)24(17-7-5-6-13(2)12-17)22(29)23-19(18)15-8-10-16(11-9-15)20(25)26/h5-12,19H,4H2,1-3H3,(H,23,29)(H,25,26). The zero-order chi connectivity index (χ0) is 21.1. The molecule has 0 aromatic heterocycles. The average Bonchev–Trinajstić information content (AvgIpc) is 2.67. The van der Waals surface area contributed by atoms with E-state index in [-0.39, 0.29) is 12.2 Å². The van der Waals surface area contributed by atoms with Crippen LogP contribution >= 0.6 is 12.2 Å². The van der Waals surface area contributed by atoms with Crippen molar-refractivity contribution in [1.82, 2.24) is 5.32 Å². The molecule has 0 saturated heterocycles. The van der Waals surface area contributed by atoms with Gasteiger partial charge in [-0.2, -0.15) is 0 Å². The number of hydrogen-bond acceptors (Lipinski definition) is 4. The van der Waals surface area contributed by atoms with Crippen LogP contribution in [0.5, 0.6) is 0 Å². The first-order chi connectivity index (χ1) is 13.8. The van der Waals surface area contributed by atoms with Gasteiger partial charge in [-0.1, -0.05) is 24.3 Å². The summed E-state index contributed by atoms with van der Waals surface area (Å²) in [5.41, 5.74) is 3.93. The molecule has 1 atom stereocenters. The number of nitrogens with zero attached hydrogens (tertiary/aromatic N) is 1. The largest absolute Gasteiger partial charge is 0.478 e. The highest BCUT2D eigenvalue weighted by atomic mass is 32.1. The highest BCUT2D eigenvalue weighted by molar-refractivity contribution is 7.80. The molecule has 0 amide bonds. The number of thiocarbonyl (C=S) groups is 1. The molecule has 7 heteroatoms. The number of aryl methyl sites for hydroxylation is 1. The summed E-state index contributed by atoms with van der Waals surface area (Å²) in [6.45, 7) is 5.82. The molecule has 0 fully saturated rings. The second-order valence-corrected chi connectivity index (χ2v) is 7.09. The first-order valence-corrected chi connectivity index (χ1v) is 9.62. The van der Waals surface area contributed by atoms with Crippen LogP contribution in [0.1, 0.15) is 41.4 Å². The van der Waals surface area contributed by atoms with Crippen LogP contribution in [0.3, 0.4) is 0 Å². The Balaban J connectivity index is 2.11. The van der Waals surface area contributed by atoms with E-state index >= 15 is 0 Å². The number of benzene rings is 2. The highest BCUT2D eigenvalue weighted by Crippen LogP contribution is 2.34. The fourth-order valence-corrected chi connectivity index (χ4v) is 3.72. The summed E-state index contributed by atoms with van der Waals surface area (Å²) < 4.78 is 5.31. The van der Waals surface area contributed by atoms with Crippen molar-refractivity contribution in [2.75, 3.05) is 11.5 Å². The topological polar surface area (TPSA) is 78.9 Å². The summed E-state index contributed by atoms with van der Waals surface area (Å²) in [4.78, 5) is 25.8. The number of ether oxygens (including phenoxy) is 1. The van der Waals surface area contributed by atoms with Crippen molar-refractivity contribution < 1.29 is 19.4 Å². The van der Waals surface area contributed by atoms with Crippen LogP contribution in [0.4, 0.5) is 5.69 Å². The maximum atomic E-state index is 12.8. The molecule has 1 heterocycles. The van der Waals surface area contributed by atoms with Gasteiger partial charge in [0.05, 0.1) is 23.8 Å². The Labute approximate surface area is 174 Å². The van der Waals surface area contributed by atoms with Crippen LogP contribution < -0.4 is 10.2 Å². The fourth-order valence-electron chi connectivity index (χ4n) is 3.36. The molecule has 6 nitrogen and oxygen atoms in total. The lowest BCUT2D eigenvalue weighted by atomic mass is 9.94. The quantitative estimate of drug-likeness (QED) is 0.570. The van der Waals surface area contributed by atoms with E-state index in [1.54, 1.807) is 19.1 Å². The molecule has 2 aromatic carbocycles. The molecule has 0 aliphatic carbocycles. The lowest BCUT2D eigenvalue weighted by Crippen LogP contribution is -2.48. The van der Waals surface area contributed by atoms with Crippen molar-refractivity contribution >= 4 is 35.0 Å². The molecule has 29 heavy (non-hydrogen) atoms. The summed E-state index contributed by atoms with van der Waals surface area (Å²) in [7, 11) is 0. The summed E-state index contributed by atoms with van der Waals surface area (Å²) in [5, 5.41) is 12.8. The predicted molar refractivity (Wildman–Crippen MR) is 115 cm³/mol. The number of carboxylic acids is 1. The molecule has 1 aliphatic rings. The van der Waals surface area contributed by atoms with Gasteiger partial charge < -0.3 is 15.2 Å². The van der Waals surface area contributed by atoms with Gasteiger partial charge in [0, 0.05) is 11.4 Å². The Kier molecular flexibility index (Phi) is 5.98. The van der Waals surface area contributed by atoms with E-state index in [1.165, 1.54) is 12.1 Å². The molecule has 3 rings (SSSR count). The molecular weight excluding hydrogens is 388 g/mol. The van der Waals surface area contributed by atoms with Gasteiger partial charge in [-0.25, -0.2) is 9.59 Å². The van der Waals surface area contributed by atoms with E-state index in [0.29, 0.717) is 16.4 Å². The Morgan fingerprint density at radius 1 is 1.17 bits per heavy atom. The first-order valence-electron chi connectivity index (χ1n) is 9.22. The number of allylic oxidation sites excluding steroid dienone is 1. The number of rotatable bonds is 5. The van der Waals surface area contributed by atoms with Gasteiger partial charge in [0.15, 0.2) is 5.11 Å². The monoisotopic (exact) mass is 410 g/mol. The lowest BCUT2D eigenvalue weighted by Gasteiger charge is -2.37. The molecule has 0 bridgehead atoms. The normalized spacial score (nSPS) is 16.4. The Morgan fingerprint density at radius 3 is 2.45 bits per heavy atom. The lowest BCUT2D eigenvalue weighted by molar-refractivity contribution is -0.139. The number of nitrogens with one attached hydrogen (secondary N) is 1. The van der Waals surface area contributed by atoms with Crippen LogP contribution in [0, 0.1) is 6.92 Å². The third-order valence-corrected chi connectivity index (χ3v) is 5.03. The van der Waals surface area contributed by atoms with Crippen molar-refractivity contribution in [1.29, 1.82) is 0 Å². The molecule has 2 aromatic rings.